The average molecular weight is 386 g/mol. The number of H-pyrrole nitrogens is 1. The summed E-state index contributed by atoms with van der Waals surface area (Å²) in [6.07, 6.45) is 1.63. The Labute approximate surface area is 160 Å². The summed E-state index contributed by atoms with van der Waals surface area (Å²) in [5.74, 6) is -0.223. The molecule has 0 spiro atoms. The molecule has 7 nitrogen and oxygen atoms in total. The molecular weight excluding hydrogens is 364 g/mol. The lowest BCUT2D eigenvalue weighted by Crippen LogP contribution is -2.30. The Kier molecular flexibility index (Phi) is 5.27. The molecule has 27 heavy (non-hydrogen) atoms. The van der Waals surface area contributed by atoms with Crippen LogP contribution in [-0.2, 0) is 17.9 Å². The van der Waals surface area contributed by atoms with Crippen molar-refractivity contribution in [1.82, 2.24) is 19.9 Å². The number of rotatable bonds is 5. The van der Waals surface area contributed by atoms with E-state index in [0.29, 0.717) is 10.9 Å². The van der Waals surface area contributed by atoms with Crippen LogP contribution in [0, 0.1) is 27.7 Å². The predicted octanol–water partition coefficient (Wildman–Crippen LogP) is 2.09. The van der Waals surface area contributed by atoms with E-state index < -0.39 is 0 Å². The first kappa shape index (κ1) is 19.0. The third-order valence-electron chi connectivity index (χ3n) is 4.69. The summed E-state index contributed by atoms with van der Waals surface area (Å²) < 4.78 is 1.46. The summed E-state index contributed by atoms with van der Waals surface area (Å²) in [4.78, 5) is 45.7. The number of carbonyl (C=O) groups is 1. The van der Waals surface area contributed by atoms with Gasteiger partial charge >= 0.3 is 0 Å². The molecule has 3 aromatic heterocycles. The van der Waals surface area contributed by atoms with Gasteiger partial charge in [-0.15, -0.1) is 11.3 Å². The van der Waals surface area contributed by atoms with E-state index in [2.05, 4.69) is 15.3 Å². The molecule has 3 aromatic rings. The number of carbonyl (C=O) groups excluding carboxylic acids is 1. The first-order valence-corrected chi connectivity index (χ1v) is 9.50. The molecule has 2 N–H and O–H groups in total. The lowest BCUT2D eigenvalue weighted by atomic mass is 10.1. The monoisotopic (exact) mass is 386 g/mol. The van der Waals surface area contributed by atoms with Crippen LogP contribution in [0.25, 0.3) is 10.2 Å². The van der Waals surface area contributed by atoms with Gasteiger partial charge in [0, 0.05) is 35.6 Å². The first-order valence-electron chi connectivity index (χ1n) is 8.69. The molecule has 0 atom stereocenters. The van der Waals surface area contributed by atoms with Crippen LogP contribution in [0.3, 0.4) is 0 Å². The molecule has 3 rings (SSSR count). The molecule has 0 saturated carbocycles. The fourth-order valence-electron chi connectivity index (χ4n) is 3.03. The lowest BCUT2D eigenvalue weighted by Gasteiger charge is -2.09. The Morgan fingerprint density at radius 3 is 2.70 bits per heavy atom. The van der Waals surface area contributed by atoms with Gasteiger partial charge in [-0.1, -0.05) is 0 Å². The maximum Gasteiger partial charge on any atom is 0.262 e. The van der Waals surface area contributed by atoms with Crippen LogP contribution in [0.5, 0.6) is 0 Å². The fraction of sp³-hybridized carbons (Fsp3) is 0.368. The average Bonchev–Trinajstić information content (AvgIpc) is 2.88. The number of hydrogen-bond acceptors (Lipinski definition) is 5. The third kappa shape index (κ3) is 3.85. The summed E-state index contributed by atoms with van der Waals surface area (Å²) in [6.45, 7) is 7.94. The fourth-order valence-corrected chi connectivity index (χ4v) is 4.02. The van der Waals surface area contributed by atoms with E-state index in [1.807, 2.05) is 33.8 Å². The van der Waals surface area contributed by atoms with Gasteiger partial charge in [-0.3, -0.25) is 19.0 Å². The smallest absolute Gasteiger partial charge is 0.262 e. The van der Waals surface area contributed by atoms with Crippen molar-refractivity contribution in [2.24, 2.45) is 0 Å². The topological polar surface area (TPSA) is 96.8 Å². The molecule has 0 aliphatic rings. The molecule has 0 bridgehead atoms. The molecule has 1 amide bonds. The summed E-state index contributed by atoms with van der Waals surface area (Å²) >= 11 is 1.50. The zero-order chi connectivity index (χ0) is 19.7. The predicted molar refractivity (Wildman–Crippen MR) is 106 cm³/mol. The molecule has 8 heteroatoms. The van der Waals surface area contributed by atoms with Gasteiger partial charge in [0.05, 0.1) is 11.7 Å². The largest absolute Gasteiger partial charge is 0.352 e. The van der Waals surface area contributed by atoms with Gasteiger partial charge in [0.2, 0.25) is 5.91 Å². The number of aromatic nitrogens is 3. The number of nitrogens with zero attached hydrogens (tertiary/aromatic N) is 2. The van der Waals surface area contributed by atoms with Crippen LogP contribution in [0.2, 0.25) is 0 Å². The van der Waals surface area contributed by atoms with Crippen LogP contribution in [-0.4, -0.2) is 20.4 Å². The quantitative estimate of drug-likeness (QED) is 0.702. The number of thiophene rings is 1. The second-order valence-corrected chi connectivity index (χ2v) is 7.88. The van der Waals surface area contributed by atoms with Gasteiger partial charge in [-0.25, -0.2) is 4.98 Å². The summed E-state index contributed by atoms with van der Waals surface area (Å²) in [7, 11) is 0. The van der Waals surface area contributed by atoms with Gasteiger partial charge < -0.3 is 10.3 Å². The van der Waals surface area contributed by atoms with Crippen molar-refractivity contribution in [3.63, 3.8) is 0 Å². The highest BCUT2D eigenvalue weighted by Crippen LogP contribution is 2.25. The van der Waals surface area contributed by atoms with Gasteiger partial charge in [-0.05, 0) is 44.9 Å². The minimum Gasteiger partial charge on any atom is -0.352 e. The molecule has 142 valence electrons. The van der Waals surface area contributed by atoms with Crippen LogP contribution in [0.1, 0.15) is 33.7 Å². The minimum atomic E-state index is -0.223. The SMILES string of the molecule is Cc1cc(C)c(CNC(=O)CCn2cnc3sc(C)c(C)c3c2=O)c(=O)[nH]1. The zero-order valence-electron chi connectivity index (χ0n) is 15.8. The molecule has 3 heterocycles. The number of fused-ring (bicyclic) bond motifs is 1. The second-order valence-electron chi connectivity index (χ2n) is 6.68. The standard InChI is InChI=1S/C19H22N4O3S/c1-10-7-11(2)22-17(25)14(10)8-20-15(24)5-6-23-9-21-18-16(19(23)26)12(3)13(4)27-18/h7,9H,5-6,8H2,1-4H3,(H,20,24)(H,22,25). The van der Waals surface area contributed by atoms with E-state index in [9.17, 15) is 14.4 Å². The molecule has 0 aromatic carbocycles. The van der Waals surface area contributed by atoms with Crippen molar-refractivity contribution in [1.29, 1.82) is 0 Å². The number of nitrogens with one attached hydrogen (secondary N) is 2. The lowest BCUT2D eigenvalue weighted by molar-refractivity contribution is -0.121. The summed E-state index contributed by atoms with van der Waals surface area (Å²) in [5.41, 5.74) is 2.79. The molecule has 0 fully saturated rings. The van der Waals surface area contributed by atoms with E-state index in [1.165, 1.54) is 22.2 Å². The van der Waals surface area contributed by atoms with E-state index in [-0.39, 0.29) is 36.5 Å². The highest BCUT2D eigenvalue weighted by atomic mass is 32.1. The Bertz CT molecular complexity index is 1140. The summed E-state index contributed by atoms with van der Waals surface area (Å²) in [6, 6.07) is 1.87. The van der Waals surface area contributed by atoms with E-state index in [4.69, 9.17) is 0 Å². The number of aryl methyl sites for hydroxylation is 5. The number of hydrogen-bond donors (Lipinski definition) is 2. The number of aromatic amines is 1. The molecule has 0 aliphatic carbocycles. The normalized spacial score (nSPS) is 11.1. The zero-order valence-corrected chi connectivity index (χ0v) is 16.6. The van der Waals surface area contributed by atoms with Crippen molar-refractivity contribution >= 4 is 27.5 Å². The Morgan fingerprint density at radius 1 is 1.26 bits per heavy atom. The highest BCUT2D eigenvalue weighted by molar-refractivity contribution is 7.18. The van der Waals surface area contributed by atoms with Crippen molar-refractivity contribution in [2.75, 3.05) is 0 Å². The van der Waals surface area contributed by atoms with E-state index in [0.717, 1.165) is 26.5 Å². The summed E-state index contributed by atoms with van der Waals surface area (Å²) in [5, 5.41) is 3.38. The van der Waals surface area contributed by atoms with Gasteiger partial charge in [-0.2, -0.15) is 0 Å². The first-order chi connectivity index (χ1) is 12.8. The van der Waals surface area contributed by atoms with Crippen molar-refractivity contribution in [3.05, 3.63) is 60.4 Å². The van der Waals surface area contributed by atoms with Crippen LogP contribution in [0.4, 0.5) is 0 Å². The number of pyridine rings is 1. The van der Waals surface area contributed by atoms with Crippen LogP contribution in [0.15, 0.2) is 22.0 Å². The van der Waals surface area contributed by atoms with Crippen LogP contribution >= 0.6 is 11.3 Å². The molecule has 0 aliphatic heterocycles. The van der Waals surface area contributed by atoms with E-state index in [1.54, 1.807) is 0 Å². The molecular formula is C19H22N4O3S. The van der Waals surface area contributed by atoms with Crippen molar-refractivity contribution in [3.8, 4) is 0 Å². The number of amides is 1. The van der Waals surface area contributed by atoms with Gasteiger partial charge in [0.15, 0.2) is 0 Å². The van der Waals surface area contributed by atoms with Gasteiger partial charge in [0.25, 0.3) is 11.1 Å². The maximum atomic E-state index is 12.6. The second kappa shape index (κ2) is 7.48. The maximum absolute atomic E-state index is 12.6. The molecule has 0 radical (unpaired) electrons. The van der Waals surface area contributed by atoms with Gasteiger partial charge in [0.1, 0.15) is 4.83 Å². The van der Waals surface area contributed by atoms with Crippen molar-refractivity contribution < 1.29 is 4.79 Å². The Balaban J connectivity index is 1.67. The Hall–Kier alpha value is -2.74. The van der Waals surface area contributed by atoms with Crippen molar-refractivity contribution in [2.45, 2.75) is 47.2 Å². The minimum absolute atomic E-state index is 0.125. The molecule has 0 unspecified atom stereocenters. The van der Waals surface area contributed by atoms with Crippen LogP contribution < -0.4 is 16.4 Å². The third-order valence-corrected chi connectivity index (χ3v) is 5.81. The van der Waals surface area contributed by atoms with E-state index >= 15 is 0 Å². The Morgan fingerprint density at radius 2 is 2.00 bits per heavy atom. The highest BCUT2D eigenvalue weighted by Gasteiger charge is 2.13. The molecule has 0 saturated heterocycles.